The molecule has 4 heteroatoms. The molecule has 0 amide bonds. The Kier molecular flexibility index (Phi) is 1.32. The maximum Gasteiger partial charge on any atom is 0.156 e. The Hall–Kier alpha value is -0.190. The van der Waals surface area contributed by atoms with Crippen molar-refractivity contribution in [2.45, 2.75) is 11.2 Å². The maximum atomic E-state index is 13.9. The minimum atomic E-state index is -1.19. The zero-order valence-electron chi connectivity index (χ0n) is 6.73. The summed E-state index contributed by atoms with van der Waals surface area (Å²) in [6, 6.07) is 0. The van der Waals surface area contributed by atoms with Crippen molar-refractivity contribution in [3.63, 3.8) is 0 Å². The van der Waals surface area contributed by atoms with Gasteiger partial charge in [-0.1, -0.05) is 0 Å². The molecule has 2 saturated heterocycles. The van der Waals surface area contributed by atoms with Gasteiger partial charge in [-0.05, 0) is 7.05 Å². The Morgan fingerprint density at radius 1 is 1.45 bits per heavy atom. The van der Waals surface area contributed by atoms with E-state index in [2.05, 4.69) is 5.32 Å². The summed E-state index contributed by atoms with van der Waals surface area (Å²) in [5, 5.41) is 3.00. The van der Waals surface area contributed by atoms with Gasteiger partial charge in [0, 0.05) is 26.2 Å². The first-order valence-corrected chi connectivity index (χ1v) is 3.93. The highest BCUT2D eigenvalue weighted by molar-refractivity contribution is 5.18. The average Bonchev–Trinajstić information content (AvgIpc) is 2.16. The molecule has 2 aliphatic heterocycles. The van der Waals surface area contributed by atoms with Gasteiger partial charge in [-0.15, -0.1) is 0 Å². The number of hydrogen-bond acceptors (Lipinski definition) is 3. The monoisotopic (exact) mass is 159 g/mol. The van der Waals surface area contributed by atoms with Gasteiger partial charge in [0.15, 0.2) is 5.67 Å². The number of alkyl halides is 1. The molecular formula is C7H14FN3. The molecule has 0 bridgehead atoms. The Labute approximate surface area is 65.7 Å². The third-order valence-electron chi connectivity index (χ3n) is 2.81. The Morgan fingerprint density at radius 2 is 2.18 bits per heavy atom. The van der Waals surface area contributed by atoms with E-state index >= 15 is 0 Å². The number of hydrogen-bond donors (Lipinski definition) is 2. The fourth-order valence-electron chi connectivity index (χ4n) is 2.19. The number of likely N-dealkylation sites (N-methyl/N-ethyl adjacent to an activating group) is 1. The zero-order chi connectivity index (χ0) is 8.11. The van der Waals surface area contributed by atoms with Crippen molar-refractivity contribution in [3.8, 4) is 0 Å². The van der Waals surface area contributed by atoms with E-state index < -0.39 is 11.2 Å². The largest absolute Gasteiger partial charge is 0.320 e. The van der Waals surface area contributed by atoms with Gasteiger partial charge in [0.2, 0.25) is 0 Å². The lowest BCUT2D eigenvalue weighted by atomic mass is 9.89. The number of nitrogens with zero attached hydrogens (tertiary/aromatic N) is 1. The standard InChI is InChI=1S/C7H14FN3/c1-11-4-6(8)2-10-3-7(6,9)5-11/h10H,2-5,9H2,1H3. The highest BCUT2D eigenvalue weighted by Crippen LogP contribution is 2.35. The summed E-state index contributed by atoms with van der Waals surface area (Å²) in [6.07, 6.45) is 0. The van der Waals surface area contributed by atoms with E-state index in [-0.39, 0.29) is 0 Å². The summed E-state index contributed by atoms with van der Waals surface area (Å²) in [6.45, 7) is 2.15. The van der Waals surface area contributed by atoms with Gasteiger partial charge < -0.3 is 16.0 Å². The van der Waals surface area contributed by atoms with E-state index in [0.29, 0.717) is 26.2 Å². The number of nitrogens with two attached hydrogens (primary N) is 1. The van der Waals surface area contributed by atoms with Crippen LogP contribution < -0.4 is 11.1 Å². The van der Waals surface area contributed by atoms with E-state index in [1.807, 2.05) is 11.9 Å². The van der Waals surface area contributed by atoms with Gasteiger partial charge in [-0.25, -0.2) is 4.39 Å². The van der Waals surface area contributed by atoms with Crippen molar-refractivity contribution < 1.29 is 4.39 Å². The molecular weight excluding hydrogens is 145 g/mol. The summed E-state index contributed by atoms with van der Waals surface area (Å²) < 4.78 is 13.9. The lowest BCUT2D eigenvalue weighted by Gasteiger charge is -2.26. The van der Waals surface area contributed by atoms with Crippen LogP contribution in [0, 0.1) is 0 Å². The molecule has 0 saturated carbocycles. The number of halogens is 1. The molecule has 2 rings (SSSR count). The van der Waals surface area contributed by atoms with E-state index in [1.165, 1.54) is 0 Å². The second-order valence-corrected chi connectivity index (χ2v) is 3.90. The van der Waals surface area contributed by atoms with Gasteiger partial charge in [-0.2, -0.15) is 0 Å². The number of rotatable bonds is 0. The summed E-state index contributed by atoms with van der Waals surface area (Å²) >= 11 is 0. The van der Waals surface area contributed by atoms with E-state index in [4.69, 9.17) is 5.73 Å². The van der Waals surface area contributed by atoms with Crippen LogP contribution in [0.25, 0.3) is 0 Å². The SMILES string of the molecule is CN1CC2(N)CNCC2(F)C1. The quantitative estimate of drug-likeness (QED) is 0.473. The lowest BCUT2D eigenvalue weighted by Crippen LogP contribution is -2.56. The Balaban J connectivity index is 2.28. The zero-order valence-corrected chi connectivity index (χ0v) is 6.73. The molecule has 0 spiro atoms. The minimum absolute atomic E-state index is 0.411. The van der Waals surface area contributed by atoms with Gasteiger partial charge in [-0.3, -0.25) is 0 Å². The fourth-order valence-corrected chi connectivity index (χ4v) is 2.19. The predicted octanol–water partition coefficient (Wildman–Crippen LogP) is -1.06. The third kappa shape index (κ3) is 0.832. The Bertz CT molecular complexity index is 169. The highest BCUT2D eigenvalue weighted by Gasteiger charge is 2.58. The molecule has 64 valence electrons. The smallest absolute Gasteiger partial charge is 0.156 e. The van der Waals surface area contributed by atoms with Crippen LogP contribution in [-0.4, -0.2) is 49.3 Å². The van der Waals surface area contributed by atoms with Crippen LogP contribution in [0.3, 0.4) is 0 Å². The Morgan fingerprint density at radius 3 is 2.82 bits per heavy atom. The second-order valence-electron chi connectivity index (χ2n) is 3.90. The van der Waals surface area contributed by atoms with Crippen LogP contribution in [0.1, 0.15) is 0 Å². The fraction of sp³-hybridized carbons (Fsp3) is 1.00. The van der Waals surface area contributed by atoms with Crippen molar-refractivity contribution in [2.24, 2.45) is 5.73 Å². The van der Waals surface area contributed by atoms with Crippen LogP contribution in [0.5, 0.6) is 0 Å². The molecule has 2 unspecified atom stereocenters. The maximum absolute atomic E-state index is 13.9. The summed E-state index contributed by atoms with van der Waals surface area (Å²) in [7, 11) is 1.91. The topological polar surface area (TPSA) is 41.3 Å². The molecule has 11 heavy (non-hydrogen) atoms. The van der Waals surface area contributed by atoms with Crippen molar-refractivity contribution in [1.29, 1.82) is 0 Å². The summed E-state index contributed by atoms with van der Waals surface area (Å²) in [5.74, 6) is 0. The highest BCUT2D eigenvalue weighted by atomic mass is 19.1. The normalized spacial score (nSPS) is 51.5. The molecule has 2 fully saturated rings. The summed E-state index contributed by atoms with van der Waals surface area (Å²) in [5.41, 5.74) is 4.08. The van der Waals surface area contributed by atoms with Crippen LogP contribution >= 0.6 is 0 Å². The van der Waals surface area contributed by atoms with Crippen LogP contribution in [0.4, 0.5) is 4.39 Å². The van der Waals surface area contributed by atoms with Gasteiger partial charge in [0.05, 0.1) is 5.54 Å². The minimum Gasteiger partial charge on any atom is -0.320 e. The number of fused-ring (bicyclic) bond motifs is 1. The first-order chi connectivity index (χ1) is 5.06. The molecule has 3 nitrogen and oxygen atoms in total. The van der Waals surface area contributed by atoms with E-state index in [9.17, 15) is 4.39 Å². The molecule has 2 atom stereocenters. The molecule has 0 aliphatic carbocycles. The number of nitrogens with one attached hydrogen (secondary N) is 1. The molecule has 2 aliphatic rings. The molecule has 0 aromatic heterocycles. The van der Waals surface area contributed by atoms with Crippen molar-refractivity contribution in [3.05, 3.63) is 0 Å². The van der Waals surface area contributed by atoms with Gasteiger partial charge in [0.25, 0.3) is 0 Å². The summed E-state index contributed by atoms with van der Waals surface area (Å²) in [4.78, 5) is 1.96. The lowest BCUT2D eigenvalue weighted by molar-refractivity contribution is 0.147. The molecule has 3 N–H and O–H groups in total. The average molecular weight is 159 g/mol. The van der Waals surface area contributed by atoms with E-state index in [0.717, 1.165) is 0 Å². The van der Waals surface area contributed by atoms with Crippen LogP contribution in [0.2, 0.25) is 0 Å². The van der Waals surface area contributed by atoms with Crippen molar-refractivity contribution >= 4 is 0 Å². The molecule has 0 radical (unpaired) electrons. The van der Waals surface area contributed by atoms with E-state index in [1.54, 1.807) is 0 Å². The first-order valence-electron chi connectivity index (χ1n) is 3.93. The van der Waals surface area contributed by atoms with Gasteiger partial charge in [0.1, 0.15) is 0 Å². The van der Waals surface area contributed by atoms with Gasteiger partial charge >= 0.3 is 0 Å². The second kappa shape index (κ2) is 1.94. The number of likely N-dealkylation sites (tertiary alicyclic amines) is 1. The molecule has 0 aromatic carbocycles. The van der Waals surface area contributed by atoms with Crippen molar-refractivity contribution in [1.82, 2.24) is 10.2 Å². The van der Waals surface area contributed by atoms with Crippen LogP contribution in [0.15, 0.2) is 0 Å². The molecule has 0 aromatic rings. The predicted molar refractivity (Wildman–Crippen MR) is 41.1 cm³/mol. The third-order valence-corrected chi connectivity index (χ3v) is 2.81. The van der Waals surface area contributed by atoms with Crippen LogP contribution in [-0.2, 0) is 0 Å². The molecule has 2 heterocycles. The van der Waals surface area contributed by atoms with Crippen molar-refractivity contribution in [2.75, 3.05) is 33.2 Å². The first kappa shape index (κ1) is 7.46.